The Kier molecular flexibility index (Phi) is 2.96. The lowest BCUT2D eigenvalue weighted by molar-refractivity contribution is 0.0949. The molecule has 0 aliphatic carbocycles. The molecule has 2 aromatic heterocycles. The van der Waals surface area contributed by atoms with E-state index in [1.807, 2.05) is 31.2 Å². The molecule has 3 aromatic rings. The first-order valence-electron chi connectivity index (χ1n) is 5.73. The zero-order chi connectivity index (χ0) is 13.2. The van der Waals surface area contributed by atoms with Gasteiger partial charge in [-0.25, -0.2) is 0 Å². The Morgan fingerprint density at radius 3 is 2.89 bits per heavy atom. The van der Waals surface area contributed by atoms with Gasteiger partial charge in [-0.1, -0.05) is 41.2 Å². The summed E-state index contributed by atoms with van der Waals surface area (Å²) in [6, 6.07) is 8.03. The molecule has 0 unspecified atom stereocenters. The third-order valence-corrected chi connectivity index (χ3v) is 3.57. The summed E-state index contributed by atoms with van der Waals surface area (Å²) in [7, 11) is 0. The molecule has 96 valence electrons. The summed E-state index contributed by atoms with van der Waals surface area (Å²) in [5.41, 5.74) is 2.26. The van der Waals surface area contributed by atoms with Crippen molar-refractivity contribution in [3.05, 3.63) is 46.7 Å². The number of benzene rings is 1. The largest absolute Gasteiger partial charge is 0.346 e. The Morgan fingerprint density at radius 2 is 2.16 bits per heavy atom. The standard InChI is InChI=1S/C12H11N5OS/c1-8-2-4-9(5-3-8)6-13-10(18)11-16-17-7-14-15-12(17)19-11/h2-5,7H,6H2,1H3,(H,13,18). The minimum absolute atomic E-state index is 0.198. The van der Waals surface area contributed by atoms with Gasteiger partial charge < -0.3 is 5.32 Å². The van der Waals surface area contributed by atoms with Crippen LogP contribution in [-0.2, 0) is 6.54 Å². The van der Waals surface area contributed by atoms with Gasteiger partial charge in [0.1, 0.15) is 6.33 Å². The van der Waals surface area contributed by atoms with E-state index in [0.717, 1.165) is 5.56 Å². The lowest BCUT2D eigenvalue weighted by Crippen LogP contribution is -2.22. The van der Waals surface area contributed by atoms with E-state index in [1.165, 1.54) is 27.7 Å². The van der Waals surface area contributed by atoms with Crippen LogP contribution < -0.4 is 5.32 Å². The number of hydrogen-bond acceptors (Lipinski definition) is 5. The third-order valence-electron chi connectivity index (χ3n) is 2.65. The van der Waals surface area contributed by atoms with E-state index >= 15 is 0 Å². The van der Waals surface area contributed by atoms with Crippen molar-refractivity contribution in [2.75, 3.05) is 0 Å². The van der Waals surface area contributed by atoms with Gasteiger partial charge in [-0.05, 0) is 12.5 Å². The Morgan fingerprint density at radius 1 is 1.37 bits per heavy atom. The van der Waals surface area contributed by atoms with Crippen LogP contribution in [0, 0.1) is 6.92 Å². The Balaban J connectivity index is 1.68. The van der Waals surface area contributed by atoms with Crippen molar-refractivity contribution >= 4 is 22.2 Å². The molecule has 0 aliphatic rings. The van der Waals surface area contributed by atoms with Gasteiger partial charge in [0.2, 0.25) is 9.97 Å². The zero-order valence-corrected chi connectivity index (χ0v) is 11.0. The molecule has 0 bridgehead atoms. The molecule has 1 amide bonds. The SMILES string of the molecule is Cc1ccc(CNC(=O)c2nn3cnnc3s2)cc1. The van der Waals surface area contributed by atoms with Gasteiger partial charge in [0.25, 0.3) is 5.91 Å². The van der Waals surface area contributed by atoms with Crippen molar-refractivity contribution in [1.82, 2.24) is 25.1 Å². The average molecular weight is 273 g/mol. The topological polar surface area (TPSA) is 72.2 Å². The fraction of sp³-hybridized carbons (Fsp3) is 0.167. The summed E-state index contributed by atoms with van der Waals surface area (Å²) < 4.78 is 1.49. The Bertz CT molecular complexity index is 687. The second-order valence-corrected chi connectivity index (χ2v) is 5.09. The lowest BCUT2D eigenvalue weighted by atomic mass is 10.1. The number of amides is 1. The number of carbonyl (C=O) groups excluding carboxylic acids is 1. The quantitative estimate of drug-likeness (QED) is 0.783. The van der Waals surface area contributed by atoms with Gasteiger partial charge >= 0.3 is 0 Å². The van der Waals surface area contributed by atoms with Crippen LogP contribution in [-0.4, -0.2) is 25.7 Å². The van der Waals surface area contributed by atoms with Crippen LogP contribution in [0.1, 0.15) is 20.9 Å². The molecule has 1 N–H and O–H groups in total. The molecular formula is C12H11N5OS. The van der Waals surface area contributed by atoms with Gasteiger partial charge in [-0.2, -0.15) is 4.52 Å². The van der Waals surface area contributed by atoms with Crippen molar-refractivity contribution in [1.29, 1.82) is 0 Å². The highest BCUT2D eigenvalue weighted by Gasteiger charge is 2.12. The number of rotatable bonds is 3. The first-order valence-corrected chi connectivity index (χ1v) is 6.54. The maximum Gasteiger partial charge on any atom is 0.282 e. The maximum atomic E-state index is 11.9. The number of hydrogen-bond donors (Lipinski definition) is 1. The summed E-state index contributed by atoms with van der Waals surface area (Å²) in [6.07, 6.45) is 1.47. The van der Waals surface area contributed by atoms with Gasteiger partial charge in [0.05, 0.1) is 0 Å². The molecule has 7 heteroatoms. The van der Waals surface area contributed by atoms with E-state index in [1.54, 1.807) is 0 Å². The number of nitrogens with zero attached hydrogens (tertiary/aromatic N) is 4. The summed E-state index contributed by atoms with van der Waals surface area (Å²) in [4.78, 5) is 12.5. The summed E-state index contributed by atoms with van der Waals surface area (Å²) in [5, 5.41) is 14.8. The highest BCUT2D eigenvalue weighted by atomic mass is 32.1. The summed E-state index contributed by atoms with van der Waals surface area (Å²) in [5.74, 6) is -0.198. The van der Waals surface area contributed by atoms with Crippen LogP contribution in [0.3, 0.4) is 0 Å². The molecule has 0 aliphatic heterocycles. The number of aryl methyl sites for hydroxylation is 1. The van der Waals surface area contributed by atoms with Gasteiger partial charge in [-0.3, -0.25) is 4.79 Å². The van der Waals surface area contributed by atoms with Crippen molar-refractivity contribution in [3.63, 3.8) is 0 Å². The van der Waals surface area contributed by atoms with Gasteiger partial charge in [0, 0.05) is 6.54 Å². The summed E-state index contributed by atoms with van der Waals surface area (Å²) >= 11 is 1.22. The highest BCUT2D eigenvalue weighted by molar-refractivity contribution is 7.18. The minimum Gasteiger partial charge on any atom is -0.346 e. The lowest BCUT2D eigenvalue weighted by Gasteiger charge is -2.03. The molecule has 0 spiro atoms. The Labute approximate surface area is 113 Å². The van der Waals surface area contributed by atoms with Gasteiger partial charge in [0.15, 0.2) is 0 Å². The fourth-order valence-corrected chi connectivity index (χ4v) is 2.35. The molecule has 2 heterocycles. The van der Waals surface area contributed by atoms with Crippen LogP contribution in [0.15, 0.2) is 30.6 Å². The van der Waals surface area contributed by atoms with E-state index in [0.29, 0.717) is 16.5 Å². The summed E-state index contributed by atoms with van der Waals surface area (Å²) in [6.45, 7) is 2.51. The molecule has 6 nitrogen and oxygen atoms in total. The van der Waals surface area contributed by atoms with Crippen LogP contribution in [0.4, 0.5) is 0 Å². The number of fused-ring (bicyclic) bond motifs is 1. The smallest absolute Gasteiger partial charge is 0.282 e. The molecule has 1 aromatic carbocycles. The molecular weight excluding hydrogens is 262 g/mol. The Hall–Kier alpha value is -2.28. The van der Waals surface area contributed by atoms with E-state index in [-0.39, 0.29) is 5.91 Å². The van der Waals surface area contributed by atoms with Crippen LogP contribution in [0.2, 0.25) is 0 Å². The first-order chi connectivity index (χ1) is 9.22. The van der Waals surface area contributed by atoms with E-state index in [4.69, 9.17) is 0 Å². The third kappa shape index (κ3) is 2.45. The normalized spacial score (nSPS) is 10.8. The van der Waals surface area contributed by atoms with Crippen molar-refractivity contribution in [2.24, 2.45) is 0 Å². The average Bonchev–Trinajstić information content (AvgIpc) is 2.98. The van der Waals surface area contributed by atoms with Crippen molar-refractivity contribution in [2.45, 2.75) is 13.5 Å². The highest BCUT2D eigenvalue weighted by Crippen LogP contribution is 2.11. The number of nitrogens with one attached hydrogen (secondary N) is 1. The van der Waals surface area contributed by atoms with Crippen LogP contribution in [0.25, 0.3) is 4.96 Å². The number of carbonyl (C=O) groups is 1. The van der Waals surface area contributed by atoms with Crippen molar-refractivity contribution < 1.29 is 4.79 Å². The second kappa shape index (κ2) is 4.77. The van der Waals surface area contributed by atoms with Gasteiger partial charge in [-0.15, -0.1) is 15.3 Å². The van der Waals surface area contributed by atoms with E-state index < -0.39 is 0 Å². The monoisotopic (exact) mass is 273 g/mol. The zero-order valence-electron chi connectivity index (χ0n) is 10.2. The first kappa shape index (κ1) is 11.8. The van der Waals surface area contributed by atoms with Crippen LogP contribution >= 0.6 is 11.3 Å². The van der Waals surface area contributed by atoms with Crippen molar-refractivity contribution in [3.8, 4) is 0 Å². The molecule has 0 fully saturated rings. The molecule has 0 atom stereocenters. The van der Waals surface area contributed by atoms with Crippen LogP contribution in [0.5, 0.6) is 0 Å². The van der Waals surface area contributed by atoms with E-state index in [9.17, 15) is 4.79 Å². The molecule has 0 saturated carbocycles. The molecule has 3 rings (SSSR count). The fourth-order valence-electron chi connectivity index (χ4n) is 1.62. The molecule has 0 saturated heterocycles. The number of aromatic nitrogens is 4. The molecule has 0 radical (unpaired) electrons. The minimum atomic E-state index is -0.198. The predicted molar refractivity (Wildman–Crippen MR) is 71.0 cm³/mol. The predicted octanol–water partition coefficient (Wildman–Crippen LogP) is 1.42. The second-order valence-electron chi connectivity index (χ2n) is 4.13. The molecule has 19 heavy (non-hydrogen) atoms. The van der Waals surface area contributed by atoms with E-state index in [2.05, 4.69) is 20.6 Å². The maximum absolute atomic E-state index is 11.9.